The van der Waals surface area contributed by atoms with Gasteiger partial charge in [-0.1, -0.05) is 48.5 Å². The van der Waals surface area contributed by atoms with Gasteiger partial charge >= 0.3 is 0 Å². The first-order valence-electron chi connectivity index (χ1n) is 9.78. The largest absolute Gasteiger partial charge is 0.491 e. The number of nitrogens with two attached hydrogens (primary N) is 1. The standard InChI is InChI=1S/C22H25N5OS/c23-21(26-12-14-27(15-13-26)22-25-11-17-29-22)24-10-16-28-20-9-5-4-8-19(20)18-6-2-1-3-7-18/h1-9,11,17H,10,12-16H2,(H2,23,24). The van der Waals surface area contributed by atoms with Crippen molar-refractivity contribution < 1.29 is 4.74 Å². The van der Waals surface area contributed by atoms with E-state index in [1.54, 1.807) is 11.3 Å². The molecule has 2 aromatic carbocycles. The lowest BCUT2D eigenvalue weighted by atomic mass is 10.1. The SMILES string of the molecule is NC(=NCCOc1ccccc1-c1ccccc1)N1CCN(c2nccs2)CC1. The summed E-state index contributed by atoms with van der Waals surface area (Å²) in [7, 11) is 0. The van der Waals surface area contributed by atoms with Gasteiger partial charge in [-0.15, -0.1) is 11.3 Å². The van der Waals surface area contributed by atoms with Crippen LogP contribution in [0, 0.1) is 0 Å². The number of ether oxygens (including phenoxy) is 1. The number of anilines is 1. The molecule has 6 nitrogen and oxygen atoms in total. The summed E-state index contributed by atoms with van der Waals surface area (Å²) in [4.78, 5) is 13.3. The number of hydrogen-bond donors (Lipinski definition) is 1. The lowest BCUT2D eigenvalue weighted by molar-refractivity contribution is 0.327. The highest BCUT2D eigenvalue weighted by atomic mass is 32.1. The van der Waals surface area contributed by atoms with E-state index in [0.29, 0.717) is 19.1 Å². The number of guanidine groups is 1. The number of aliphatic imine (C=N–C) groups is 1. The van der Waals surface area contributed by atoms with Crippen molar-refractivity contribution in [1.82, 2.24) is 9.88 Å². The number of para-hydroxylation sites is 1. The molecule has 29 heavy (non-hydrogen) atoms. The minimum absolute atomic E-state index is 0.490. The van der Waals surface area contributed by atoms with Gasteiger partial charge in [0.05, 0.1) is 6.54 Å². The van der Waals surface area contributed by atoms with Gasteiger partial charge in [-0.25, -0.2) is 9.98 Å². The third-order valence-corrected chi connectivity index (χ3v) is 5.72. The lowest BCUT2D eigenvalue weighted by Gasteiger charge is -2.35. The van der Waals surface area contributed by atoms with Crippen LogP contribution in [0.25, 0.3) is 11.1 Å². The molecule has 1 saturated heterocycles. The Morgan fingerprint density at radius 1 is 1.03 bits per heavy atom. The van der Waals surface area contributed by atoms with E-state index in [-0.39, 0.29) is 0 Å². The Bertz CT molecular complexity index is 921. The van der Waals surface area contributed by atoms with Crippen molar-refractivity contribution in [3.63, 3.8) is 0 Å². The number of aromatic nitrogens is 1. The van der Waals surface area contributed by atoms with Crippen molar-refractivity contribution in [2.24, 2.45) is 10.7 Å². The minimum Gasteiger partial charge on any atom is -0.491 e. The maximum atomic E-state index is 6.20. The van der Waals surface area contributed by atoms with Gasteiger partial charge < -0.3 is 20.3 Å². The molecule has 3 aromatic rings. The molecule has 0 radical (unpaired) electrons. The van der Waals surface area contributed by atoms with Crippen molar-refractivity contribution in [2.45, 2.75) is 0 Å². The van der Waals surface area contributed by atoms with E-state index < -0.39 is 0 Å². The summed E-state index contributed by atoms with van der Waals surface area (Å²) in [6.45, 7) is 4.54. The molecule has 1 aromatic heterocycles. The van der Waals surface area contributed by atoms with Crippen LogP contribution in [0.15, 0.2) is 71.2 Å². The predicted molar refractivity (Wildman–Crippen MR) is 120 cm³/mol. The average molecular weight is 408 g/mol. The second kappa shape index (κ2) is 9.43. The molecule has 4 rings (SSSR count). The smallest absolute Gasteiger partial charge is 0.191 e. The molecular formula is C22H25N5OS. The number of nitrogens with zero attached hydrogens (tertiary/aromatic N) is 4. The first-order valence-corrected chi connectivity index (χ1v) is 10.7. The average Bonchev–Trinajstić information content (AvgIpc) is 3.33. The van der Waals surface area contributed by atoms with Gasteiger partial charge in [0.2, 0.25) is 0 Å². The molecule has 0 aliphatic carbocycles. The molecule has 1 aliphatic rings. The summed E-state index contributed by atoms with van der Waals surface area (Å²) in [6, 6.07) is 18.3. The summed E-state index contributed by atoms with van der Waals surface area (Å²) >= 11 is 1.67. The van der Waals surface area contributed by atoms with Crippen LogP contribution in [0.4, 0.5) is 5.13 Å². The minimum atomic E-state index is 0.490. The zero-order chi connectivity index (χ0) is 19.9. The van der Waals surface area contributed by atoms with E-state index in [9.17, 15) is 0 Å². The van der Waals surface area contributed by atoms with Gasteiger partial charge in [0.1, 0.15) is 12.4 Å². The molecule has 2 N–H and O–H groups in total. The first kappa shape index (κ1) is 19.3. The molecule has 2 heterocycles. The van der Waals surface area contributed by atoms with Crippen molar-refractivity contribution in [1.29, 1.82) is 0 Å². The Balaban J connectivity index is 1.28. The molecule has 0 saturated carbocycles. The summed E-state index contributed by atoms with van der Waals surface area (Å²) in [5.41, 5.74) is 8.43. The molecule has 0 amide bonds. The van der Waals surface area contributed by atoms with Gasteiger partial charge in [0, 0.05) is 43.3 Å². The third-order valence-electron chi connectivity index (χ3n) is 4.89. The van der Waals surface area contributed by atoms with Gasteiger partial charge in [0.15, 0.2) is 11.1 Å². The fourth-order valence-electron chi connectivity index (χ4n) is 3.36. The Hall–Kier alpha value is -3.06. The number of piperazine rings is 1. The fraction of sp³-hybridized carbons (Fsp3) is 0.273. The Kier molecular flexibility index (Phi) is 6.26. The normalized spacial score (nSPS) is 14.8. The maximum absolute atomic E-state index is 6.20. The van der Waals surface area contributed by atoms with Crippen molar-refractivity contribution in [3.8, 4) is 16.9 Å². The molecule has 0 atom stereocenters. The third kappa shape index (κ3) is 4.86. The van der Waals surface area contributed by atoms with E-state index in [2.05, 4.69) is 38.0 Å². The van der Waals surface area contributed by atoms with Crippen molar-refractivity contribution in [2.75, 3.05) is 44.2 Å². The van der Waals surface area contributed by atoms with E-state index >= 15 is 0 Å². The summed E-state index contributed by atoms with van der Waals surface area (Å²) < 4.78 is 6.00. The molecular weight excluding hydrogens is 382 g/mol. The van der Waals surface area contributed by atoms with Crippen LogP contribution in [0.5, 0.6) is 5.75 Å². The lowest BCUT2D eigenvalue weighted by Crippen LogP contribution is -2.51. The maximum Gasteiger partial charge on any atom is 0.191 e. The van der Waals surface area contributed by atoms with Gasteiger partial charge in [-0.05, 0) is 11.6 Å². The molecule has 0 spiro atoms. The summed E-state index contributed by atoms with van der Waals surface area (Å²) in [5, 5.41) is 3.08. The van der Waals surface area contributed by atoms with Crippen LogP contribution < -0.4 is 15.4 Å². The van der Waals surface area contributed by atoms with Crippen molar-refractivity contribution in [3.05, 3.63) is 66.2 Å². The van der Waals surface area contributed by atoms with Gasteiger partial charge in [-0.3, -0.25) is 0 Å². The summed E-state index contributed by atoms with van der Waals surface area (Å²) in [6.07, 6.45) is 1.85. The number of thiazole rings is 1. The highest BCUT2D eigenvalue weighted by molar-refractivity contribution is 7.13. The van der Waals surface area contributed by atoms with E-state index in [1.807, 2.05) is 48.0 Å². The zero-order valence-electron chi connectivity index (χ0n) is 16.3. The zero-order valence-corrected chi connectivity index (χ0v) is 17.1. The van der Waals surface area contributed by atoms with Crippen LogP contribution in [-0.4, -0.2) is 55.2 Å². The molecule has 1 aliphatic heterocycles. The van der Waals surface area contributed by atoms with Crippen LogP contribution >= 0.6 is 11.3 Å². The fourth-order valence-corrected chi connectivity index (χ4v) is 4.06. The first-order chi connectivity index (χ1) is 14.3. The van der Waals surface area contributed by atoms with Crippen LogP contribution in [-0.2, 0) is 0 Å². The molecule has 1 fully saturated rings. The van der Waals surface area contributed by atoms with Crippen molar-refractivity contribution >= 4 is 22.4 Å². The Labute approximate surface area is 175 Å². The quantitative estimate of drug-likeness (QED) is 0.386. The molecule has 0 bridgehead atoms. The van der Waals surface area contributed by atoms with Crippen LogP contribution in [0.2, 0.25) is 0 Å². The Morgan fingerprint density at radius 3 is 2.55 bits per heavy atom. The van der Waals surface area contributed by atoms with Crippen LogP contribution in [0.3, 0.4) is 0 Å². The molecule has 150 valence electrons. The predicted octanol–water partition coefficient (Wildman–Crippen LogP) is 3.33. The van der Waals surface area contributed by atoms with Gasteiger partial charge in [0.25, 0.3) is 0 Å². The Morgan fingerprint density at radius 2 is 1.79 bits per heavy atom. The topological polar surface area (TPSA) is 67.0 Å². The summed E-state index contributed by atoms with van der Waals surface area (Å²) in [5.74, 6) is 1.45. The van der Waals surface area contributed by atoms with Crippen LogP contribution in [0.1, 0.15) is 0 Å². The number of benzene rings is 2. The van der Waals surface area contributed by atoms with E-state index in [1.165, 1.54) is 0 Å². The second-order valence-electron chi connectivity index (χ2n) is 6.74. The molecule has 7 heteroatoms. The van der Waals surface area contributed by atoms with Gasteiger partial charge in [-0.2, -0.15) is 0 Å². The molecule has 0 unspecified atom stereocenters. The highest BCUT2D eigenvalue weighted by Crippen LogP contribution is 2.29. The number of rotatable bonds is 6. The monoisotopic (exact) mass is 407 g/mol. The van der Waals surface area contributed by atoms with E-state index in [4.69, 9.17) is 10.5 Å². The second-order valence-corrected chi connectivity index (χ2v) is 7.61. The van der Waals surface area contributed by atoms with E-state index in [0.717, 1.165) is 48.2 Å². The highest BCUT2D eigenvalue weighted by Gasteiger charge is 2.19. The number of hydrogen-bond acceptors (Lipinski definition) is 5.